The number of hydrogen-bond acceptors (Lipinski definition) is 3. The van der Waals surface area contributed by atoms with Crippen LogP contribution < -0.4 is 10.5 Å². The molecule has 0 radical (unpaired) electrons. The molecule has 21 heavy (non-hydrogen) atoms. The van der Waals surface area contributed by atoms with Crippen molar-refractivity contribution in [2.45, 2.75) is 13.0 Å². The number of rotatable bonds is 5. The highest BCUT2D eigenvalue weighted by Gasteiger charge is 2.11. The van der Waals surface area contributed by atoms with Crippen LogP contribution in [0.1, 0.15) is 11.1 Å². The van der Waals surface area contributed by atoms with Gasteiger partial charge < -0.3 is 15.4 Å². The Hall–Kier alpha value is -2.49. The van der Waals surface area contributed by atoms with Crippen LogP contribution in [0.25, 0.3) is 0 Å². The number of nitrogen functional groups attached to an aromatic ring is 1. The molecule has 2 aromatic carbocycles. The maximum absolute atomic E-state index is 12.3. The quantitative estimate of drug-likeness (QED) is 0.858. The number of amides is 1. The van der Waals surface area contributed by atoms with Crippen LogP contribution >= 0.6 is 0 Å². The zero-order valence-corrected chi connectivity index (χ0v) is 12.4. The minimum atomic E-state index is 0.0477. The predicted octanol–water partition coefficient (Wildman–Crippen LogP) is 2.48. The fraction of sp³-hybridized carbons (Fsp3) is 0.235. The molecule has 0 aromatic heterocycles. The fourth-order valence-corrected chi connectivity index (χ4v) is 2.11. The lowest BCUT2D eigenvalue weighted by atomic mass is 10.1. The molecule has 110 valence electrons. The van der Waals surface area contributed by atoms with Crippen molar-refractivity contribution in [2.75, 3.05) is 19.9 Å². The van der Waals surface area contributed by atoms with Crippen LogP contribution in [0.2, 0.25) is 0 Å². The second-order valence-electron chi connectivity index (χ2n) is 4.98. The van der Waals surface area contributed by atoms with E-state index in [1.807, 2.05) is 48.5 Å². The first-order chi connectivity index (χ1) is 10.1. The minimum absolute atomic E-state index is 0.0477. The first-order valence-corrected chi connectivity index (χ1v) is 6.80. The van der Waals surface area contributed by atoms with Crippen molar-refractivity contribution in [3.8, 4) is 5.75 Å². The topological polar surface area (TPSA) is 55.6 Å². The summed E-state index contributed by atoms with van der Waals surface area (Å²) in [5, 5.41) is 0. The summed E-state index contributed by atoms with van der Waals surface area (Å²) in [6.45, 7) is 0.509. The molecule has 2 aromatic rings. The number of benzene rings is 2. The van der Waals surface area contributed by atoms with Gasteiger partial charge in [-0.1, -0.05) is 30.3 Å². The van der Waals surface area contributed by atoms with Crippen molar-refractivity contribution in [3.05, 3.63) is 59.7 Å². The molecule has 4 heteroatoms. The minimum Gasteiger partial charge on any atom is -0.497 e. The summed E-state index contributed by atoms with van der Waals surface area (Å²) in [6.07, 6.45) is 0.348. The Kier molecular flexibility index (Phi) is 4.82. The molecule has 0 unspecified atom stereocenters. The Bertz CT molecular complexity index is 626. The zero-order valence-electron chi connectivity index (χ0n) is 12.4. The number of likely N-dealkylation sites (N-methyl/N-ethyl adjacent to an activating group) is 1. The van der Waals surface area contributed by atoms with Crippen LogP contribution in [0, 0.1) is 0 Å². The van der Waals surface area contributed by atoms with Crippen molar-refractivity contribution in [1.82, 2.24) is 4.90 Å². The molecule has 0 heterocycles. The fourth-order valence-electron chi connectivity index (χ4n) is 2.11. The van der Waals surface area contributed by atoms with Crippen LogP contribution in [-0.4, -0.2) is 25.0 Å². The van der Waals surface area contributed by atoms with Crippen molar-refractivity contribution < 1.29 is 9.53 Å². The average molecular weight is 284 g/mol. The number of anilines is 1. The van der Waals surface area contributed by atoms with Gasteiger partial charge in [-0.15, -0.1) is 0 Å². The van der Waals surface area contributed by atoms with Crippen LogP contribution in [0.3, 0.4) is 0 Å². The number of carbonyl (C=O) groups is 1. The summed E-state index contributed by atoms with van der Waals surface area (Å²) in [7, 11) is 3.40. The van der Waals surface area contributed by atoms with Gasteiger partial charge in [0.05, 0.1) is 13.5 Å². The number of hydrogen-bond donors (Lipinski definition) is 1. The predicted molar refractivity (Wildman–Crippen MR) is 84.0 cm³/mol. The smallest absolute Gasteiger partial charge is 0.227 e. The van der Waals surface area contributed by atoms with Gasteiger partial charge in [0.1, 0.15) is 5.75 Å². The van der Waals surface area contributed by atoms with E-state index in [1.54, 1.807) is 19.1 Å². The van der Waals surface area contributed by atoms with Crippen LogP contribution in [0.15, 0.2) is 48.5 Å². The van der Waals surface area contributed by atoms with Gasteiger partial charge in [-0.2, -0.15) is 0 Å². The third kappa shape index (κ3) is 3.99. The molecule has 0 aliphatic rings. The van der Waals surface area contributed by atoms with Crippen molar-refractivity contribution >= 4 is 11.6 Å². The molecule has 0 aliphatic heterocycles. The maximum Gasteiger partial charge on any atom is 0.227 e. The maximum atomic E-state index is 12.3. The van der Waals surface area contributed by atoms with Crippen molar-refractivity contribution in [3.63, 3.8) is 0 Å². The molecular formula is C17H20N2O2. The first kappa shape index (κ1) is 14.9. The summed E-state index contributed by atoms with van der Waals surface area (Å²) >= 11 is 0. The average Bonchev–Trinajstić information content (AvgIpc) is 2.49. The van der Waals surface area contributed by atoms with E-state index in [0.29, 0.717) is 18.7 Å². The van der Waals surface area contributed by atoms with Gasteiger partial charge in [-0.25, -0.2) is 0 Å². The molecule has 0 spiro atoms. The zero-order chi connectivity index (χ0) is 15.2. The molecule has 2 rings (SSSR count). The summed E-state index contributed by atoms with van der Waals surface area (Å²) in [5.74, 6) is 0.807. The summed E-state index contributed by atoms with van der Waals surface area (Å²) < 4.78 is 5.17. The Morgan fingerprint density at radius 1 is 1.19 bits per heavy atom. The highest BCUT2D eigenvalue weighted by molar-refractivity contribution is 5.78. The van der Waals surface area contributed by atoms with Gasteiger partial charge in [-0.3, -0.25) is 4.79 Å². The molecule has 0 aliphatic carbocycles. The van der Waals surface area contributed by atoms with E-state index in [4.69, 9.17) is 10.5 Å². The Morgan fingerprint density at radius 2 is 1.95 bits per heavy atom. The van der Waals surface area contributed by atoms with Crippen molar-refractivity contribution in [1.29, 1.82) is 0 Å². The van der Waals surface area contributed by atoms with E-state index < -0.39 is 0 Å². The number of nitrogens with two attached hydrogens (primary N) is 1. The van der Waals surface area contributed by atoms with Gasteiger partial charge in [0.15, 0.2) is 0 Å². The number of ether oxygens (including phenoxy) is 1. The van der Waals surface area contributed by atoms with Crippen molar-refractivity contribution in [2.24, 2.45) is 0 Å². The van der Waals surface area contributed by atoms with Gasteiger partial charge in [-0.05, 0) is 29.3 Å². The third-order valence-corrected chi connectivity index (χ3v) is 3.38. The van der Waals surface area contributed by atoms with Crippen LogP contribution in [-0.2, 0) is 17.8 Å². The summed E-state index contributed by atoms with van der Waals surface area (Å²) in [4.78, 5) is 14.0. The monoisotopic (exact) mass is 284 g/mol. The lowest BCUT2D eigenvalue weighted by Crippen LogP contribution is -2.28. The molecule has 0 atom stereocenters. The lowest BCUT2D eigenvalue weighted by molar-refractivity contribution is -0.129. The van der Waals surface area contributed by atoms with Gasteiger partial charge >= 0.3 is 0 Å². The number of para-hydroxylation sites is 1. The molecule has 4 nitrogen and oxygen atoms in total. The molecular weight excluding hydrogens is 264 g/mol. The standard InChI is InChI=1S/C17H20N2O2/c1-19(12-14-7-3-4-9-16(14)18)17(20)11-13-6-5-8-15(10-13)21-2/h3-10H,11-12,18H2,1-2H3. The molecule has 0 saturated heterocycles. The number of methoxy groups -OCH3 is 1. The van der Waals surface area contributed by atoms with E-state index in [9.17, 15) is 4.79 Å². The molecule has 0 saturated carbocycles. The van der Waals surface area contributed by atoms with Gasteiger partial charge in [0, 0.05) is 19.3 Å². The second kappa shape index (κ2) is 6.79. The highest BCUT2D eigenvalue weighted by atomic mass is 16.5. The normalized spacial score (nSPS) is 10.2. The van der Waals surface area contributed by atoms with Crippen LogP contribution in [0.4, 0.5) is 5.69 Å². The highest BCUT2D eigenvalue weighted by Crippen LogP contribution is 2.16. The van der Waals surface area contributed by atoms with E-state index in [1.165, 1.54) is 0 Å². The van der Waals surface area contributed by atoms with E-state index >= 15 is 0 Å². The van der Waals surface area contributed by atoms with E-state index in [2.05, 4.69) is 0 Å². The first-order valence-electron chi connectivity index (χ1n) is 6.80. The van der Waals surface area contributed by atoms with Gasteiger partial charge in [0.25, 0.3) is 0 Å². The molecule has 0 fully saturated rings. The second-order valence-corrected chi connectivity index (χ2v) is 4.98. The summed E-state index contributed by atoms with van der Waals surface area (Å²) in [5.41, 5.74) is 8.51. The summed E-state index contributed by atoms with van der Waals surface area (Å²) in [6, 6.07) is 15.1. The SMILES string of the molecule is COc1cccc(CC(=O)N(C)Cc2ccccc2N)c1. The lowest BCUT2D eigenvalue weighted by Gasteiger charge is -2.18. The van der Waals surface area contributed by atoms with Crippen LogP contribution in [0.5, 0.6) is 5.75 Å². The Morgan fingerprint density at radius 3 is 2.67 bits per heavy atom. The van der Waals surface area contributed by atoms with E-state index in [-0.39, 0.29) is 5.91 Å². The van der Waals surface area contributed by atoms with Gasteiger partial charge in [0.2, 0.25) is 5.91 Å². The Labute approximate surface area is 125 Å². The Balaban J connectivity index is 2.01. The largest absolute Gasteiger partial charge is 0.497 e. The number of carbonyl (C=O) groups excluding carboxylic acids is 1. The number of nitrogens with zero attached hydrogens (tertiary/aromatic N) is 1. The molecule has 0 bridgehead atoms. The third-order valence-electron chi connectivity index (χ3n) is 3.38. The molecule has 2 N–H and O–H groups in total. The molecule has 1 amide bonds. The van der Waals surface area contributed by atoms with E-state index in [0.717, 1.165) is 16.9 Å².